The second kappa shape index (κ2) is 12.6. The molecule has 1 aliphatic heterocycles. The molecule has 0 amide bonds. The van der Waals surface area contributed by atoms with Crippen molar-refractivity contribution >= 4 is 0 Å². The highest BCUT2D eigenvalue weighted by Gasteiger charge is 2.51. The number of ether oxygens (including phenoxy) is 1. The Morgan fingerprint density at radius 2 is 0.864 bits per heavy atom. The van der Waals surface area contributed by atoms with Crippen molar-refractivity contribution in [1.82, 2.24) is 9.97 Å². The van der Waals surface area contributed by atoms with Crippen molar-refractivity contribution in [3.63, 3.8) is 0 Å². The van der Waals surface area contributed by atoms with Crippen molar-refractivity contribution in [2.75, 3.05) is 0 Å². The van der Waals surface area contributed by atoms with Gasteiger partial charge in [0.2, 0.25) is 0 Å². The highest BCUT2D eigenvalue weighted by Crippen LogP contribution is 2.63. The lowest BCUT2D eigenvalue weighted by Gasteiger charge is -2.43. The second-order valence-electron chi connectivity index (χ2n) is 16.5. The van der Waals surface area contributed by atoms with Gasteiger partial charge in [-0.3, -0.25) is 0 Å². The highest BCUT2D eigenvalue weighted by atomic mass is 16.5. The normalized spacial score (nSPS) is 16.0. The number of hydrogen-bond acceptors (Lipinski definition) is 3. The molecule has 0 bridgehead atoms. The Bertz CT molecular complexity index is 3110. The predicted molar refractivity (Wildman–Crippen MR) is 239 cm³/mol. The molecule has 9 aromatic rings. The first-order chi connectivity index (χ1) is 29.0. The molecular formula is C56H38N2O. The summed E-state index contributed by atoms with van der Waals surface area (Å²) in [5, 5.41) is 0. The molecule has 3 aliphatic rings. The van der Waals surface area contributed by atoms with Crippen molar-refractivity contribution in [3.05, 3.63) is 228 Å². The van der Waals surface area contributed by atoms with Crippen LogP contribution >= 0.6 is 0 Å². The van der Waals surface area contributed by atoms with Crippen molar-refractivity contribution in [1.29, 1.82) is 0 Å². The fourth-order valence-electron chi connectivity index (χ4n) is 10.3. The SMILES string of the molecule is CC1(C)c2ccccc2-c2cc3c(cc21)Oc1ccccc1C31c2ccccc2-c2ccccc2-c2ccc(-c3nc(-c4ccccc4)cc(-c4ccccc4)n3)cc21. The number of fused-ring (bicyclic) bond motifs is 14. The van der Waals surface area contributed by atoms with Gasteiger partial charge in [0.25, 0.3) is 0 Å². The van der Waals surface area contributed by atoms with Crippen LogP contribution in [0.3, 0.4) is 0 Å². The number of para-hydroxylation sites is 1. The molecule has 59 heavy (non-hydrogen) atoms. The molecule has 2 aliphatic carbocycles. The lowest BCUT2D eigenvalue weighted by atomic mass is 9.61. The van der Waals surface area contributed by atoms with Crippen LogP contribution in [0, 0.1) is 0 Å². The van der Waals surface area contributed by atoms with Crippen LogP contribution in [0.25, 0.3) is 67.3 Å². The summed E-state index contributed by atoms with van der Waals surface area (Å²) in [7, 11) is 0. The summed E-state index contributed by atoms with van der Waals surface area (Å²) >= 11 is 0. The first-order valence-electron chi connectivity index (χ1n) is 20.4. The molecule has 278 valence electrons. The highest BCUT2D eigenvalue weighted by molar-refractivity contribution is 5.95. The van der Waals surface area contributed by atoms with Crippen LogP contribution in [-0.2, 0) is 10.8 Å². The summed E-state index contributed by atoms with van der Waals surface area (Å²) in [6.45, 7) is 4.67. The molecule has 2 heterocycles. The van der Waals surface area contributed by atoms with Crippen LogP contribution in [0.1, 0.15) is 47.2 Å². The van der Waals surface area contributed by atoms with Gasteiger partial charge in [0.05, 0.1) is 16.8 Å². The molecule has 0 saturated carbocycles. The van der Waals surface area contributed by atoms with E-state index in [-0.39, 0.29) is 5.41 Å². The van der Waals surface area contributed by atoms with E-state index in [1.165, 1.54) is 55.6 Å². The molecule has 3 heteroatoms. The topological polar surface area (TPSA) is 35.0 Å². The smallest absolute Gasteiger partial charge is 0.160 e. The molecule has 3 nitrogen and oxygen atoms in total. The van der Waals surface area contributed by atoms with Gasteiger partial charge < -0.3 is 4.74 Å². The monoisotopic (exact) mass is 754 g/mol. The summed E-state index contributed by atoms with van der Waals surface area (Å²) in [6.07, 6.45) is 0. The van der Waals surface area contributed by atoms with Gasteiger partial charge >= 0.3 is 0 Å². The lowest BCUT2D eigenvalue weighted by molar-refractivity contribution is 0.433. The molecule has 1 atom stereocenters. The minimum Gasteiger partial charge on any atom is -0.457 e. The average molecular weight is 755 g/mol. The number of rotatable bonds is 3. The Morgan fingerprint density at radius 3 is 1.53 bits per heavy atom. The average Bonchev–Trinajstić information content (AvgIpc) is 3.46. The van der Waals surface area contributed by atoms with Crippen molar-refractivity contribution in [2.24, 2.45) is 0 Å². The standard InChI is InChI=1S/C56H38N2O/c1-55(2)44-25-13-11-24-41(44)43-32-49-53(33-47(43)55)59-52-28-16-15-27-46(52)56(49)45-26-14-12-23-40(45)38-21-9-10-22-39(38)42-30-29-37(31-48(42)56)54-57-50(35-17-5-3-6-18-35)34-51(58-54)36-19-7-4-8-20-36/h3-34H,1-2H3. The van der Waals surface area contributed by atoms with Gasteiger partial charge in [0, 0.05) is 33.2 Å². The molecular weight excluding hydrogens is 717 g/mol. The first kappa shape index (κ1) is 33.7. The van der Waals surface area contributed by atoms with Gasteiger partial charge in [-0.1, -0.05) is 178 Å². The maximum absolute atomic E-state index is 7.09. The lowest BCUT2D eigenvalue weighted by Crippen LogP contribution is -2.35. The molecule has 1 aromatic heterocycles. The Hall–Kier alpha value is -7.36. The summed E-state index contributed by atoms with van der Waals surface area (Å²) in [4.78, 5) is 10.7. The Morgan fingerprint density at radius 1 is 0.339 bits per heavy atom. The number of nitrogens with zero attached hydrogens (tertiary/aromatic N) is 2. The first-order valence-corrected chi connectivity index (χ1v) is 20.4. The van der Waals surface area contributed by atoms with Crippen LogP contribution in [0.2, 0.25) is 0 Å². The van der Waals surface area contributed by atoms with Crippen molar-refractivity contribution in [3.8, 4) is 78.8 Å². The van der Waals surface area contributed by atoms with Crippen molar-refractivity contribution < 1.29 is 4.74 Å². The van der Waals surface area contributed by atoms with Gasteiger partial charge in [-0.15, -0.1) is 0 Å². The fourth-order valence-corrected chi connectivity index (χ4v) is 10.3. The third kappa shape index (κ3) is 4.82. The maximum Gasteiger partial charge on any atom is 0.160 e. The largest absolute Gasteiger partial charge is 0.457 e. The van der Waals surface area contributed by atoms with E-state index >= 15 is 0 Å². The zero-order chi connectivity index (χ0) is 39.3. The van der Waals surface area contributed by atoms with Crippen LogP contribution in [-0.4, -0.2) is 9.97 Å². The van der Waals surface area contributed by atoms with Gasteiger partial charge in [0.15, 0.2) is 5.82 Å². The van der Waals surface area contributed by atoms with Crippen LogP contribution < -0.4 is 4.74 Å². The minimum atomic E-state index is -0.777. The molecule has 1 spiro atoms. The van der Waals surface area contributed by atoms with Crippen molar-refractivity contribution in [2.45, 2.75) is 24.7 Å². The third-order valence-electron chi connectivity index (χ3n) is 13.0. The molecule has 0 saturated heterocycles. The number of hydrogen-bond donors (Lipinski definition) is 0. The van der Waals surface area contributed by atoms with E-state index < -0.39 is 5.41 Å². The van der Waals surface area contributed by atoms with E-state index in [1.807, 2.05) is 12.1 Å². The number of aromatic nitrogens is 2. The van der Waals surface area contributed by atoms with Gasteiger partial charge in [-0.05, 0) is 86.0 Å². The molecule has 12 rings (SSSR count). The van der Waals surface area contributed by atoms with E-state index in [0.29, 0.717) is 5.82 Å². The van der Waals surface area contributed by atoms with E-state index in [9.17, 15) is 0 Å². The summed E-state index contributed by atoms with van der Waals surface area (Å²) < 4.78 is 7.09. The Labute approximate surface area is 344 Å². The van der Waals surface area contributed by atoms with Crippen LogP contribution in [0.4, 0.5) is 0 Å². The second-order valence-corrected chi connectivity index (χ2v) is 16.5. The minimum absolute atomic E-state index is 0.186. The van der Waals surface area contributed by atoms with Gasteiger partial charge in [-0.2, -0.15) is 0 Å². The predicted octanol–water partition coefficient (Wildman–Crippen LogP) is 13.9. The van der Waals surface area contributed by atoms with E-state index in [0.717, 1.165) is 50.7 Å². The Balaban J connectivity index is 1.22. The zero-order valence-corrected chi connectivity index (χ0v) is 32.8. The molecule has 0 radical (unpaired) electrons. The molecule has 0 fully saturated rings. The van der Waals surface area contributed by atoms with Crippen LogP contribution in [0.15, 0.2) is 194 Å². The van der Waals surface area contributed by atoms with Crippen LogP contribution in [0.5, 0.6) is 11.5 Å². The molecule has 1 unspecified atom stereocenters. The Kier molecular flexibility index (Phi) is 7.19. The quantitative estimate of drug-likeness (QED) is 0.180. The van der Waals surface area contributed by atoms with E-state index in [4.69, 9.17) is 14.7 Å². The fraction of sp³-hybridized carbons (Fsp3) is 0.0714. The number of benzene rings is 8. The zero-order valence-electron chi connectivity index (χ0n) is 32.8. The van der Waals surface area contributed by atoms with E-state index in [2.05, 4.69) is 196 Å². The molecule has 0 N–H and O–H groups in total. The third-order valence-corrected chi connectivity index (χ3v) is 13.0. The maximum atomic E-state index is 7.09. The van der Waals surface area contributed by atoms with E-state index in [1.54, 1.807) is 0 Å². The summed E-state index contributed by atoms with van der Waals surface area (Å²) in [5.74, 6) is 2.42. The molecule has 8 aromatic carbocycles. The summed E-state index contributed by atoms with van der Waals surface area (Å²) in [5.41, 5.74) is 18.4. The van der Waals surface area contributed by atoms with Gasteiger partial charge in [-0.25, -0.2) is 9.97 Å². The van der Waals surface area contributed by atoms with Gasteiger partial charge in [0.1, 0.15) is 11.5 Å². The summed E-state index contributed by atoms with van der Waals surface area (Å²) in [6, 6.07) is 70.1.